The van der Waals surface area contributed by atoms with E-state index >= 15 is 0 Å². The van der Waals surface area contributed by atoms with Gasteiger partial charge in [-0.1, -0.05) is 60.7 Å². The van der Waals surface area contributed by atoms with Crippen LogP contribution < -0.4 is 4.74 Å². The summed E-state index contributed by atoms with van der Waals surface area (Å²) in [5, 5.41) is 12.3. The first-order valence-electron chi connectivity index (χ1n) is 11.5. The summed E-state index contributed by atoms with van der Waals surface area (Å²) in [7, 11) is 0. The molecule has 2 N–H and O–H groups in total. The summed E-state index contributed by atoms with van der Waals surface area (Å²) in [5.41, 5.74) is 3.98. The molecule has 1 aliphatic rings. The van der Waals surface area contributed by atoms with Gasteiger partial charge in [0.1, 0.15) is 12.4 Å². The average molecular weight is 463 g/mol. The highest BCUT2D eigenvalue weighted by Gasteiger charge is 2.33. The van der Waals surface area contributed by atoms with Crippen molar-refractivity contribution in [3.63, 3.8) is 0 Å². The van der Waals surface area contributed by atoms with E-state index in [2.05, 4.69) is 40.3 Å². The lowest BCUT2D eigenvalue weighted by Crippen LogP contribution is -2.43. The third-order valence-corrected chi connectivity index (χ3v) is 6.68. The summed E-state index contributed by atoms with van der Waals surface area (Å²) < 4.78 is 6.03. The number of H-pyrrole nitrogens is 1. The molecule has 5 heteroatoms. The maximum atomic E-state index is 11.1. The summed E-state index contributed by atoms with van der Waals surface area (Å²) in [6, 6.07) is 26.6. The molecular formula is C28H31ClN2O2. The predicted molar refractivity (Wildman–Crippen MR) is 136 cm³/mol. The predicted octanol–water partition coefficient (Wildman–Crippen LogP) is 5.69. The van der Waals surface area contributed by atoms with Crippen LogP contribution in [-0.4, -0.2) is 34.6 Å². The van der Waals surface area contributed by atoms with Crippen LogP contribution in [0.15, 0.2) is 85.1 Å². The first-order valence-corrected chi connectivity index (χ1v) is 11.5. The van der Waals surface area contributed by atoms with E-state index in [1.165, 1.54) is 16.5 Å². The molecule has 172 valence electrons. The second-order valence-corrected chi connectivity index (χ2v) is 8.78. The number of piperidine rings is 1. The summed E-state index contributed by atoms with van der Waals surface area (Å²) in [6.07, 6.45) is 4.66. The molecule has 33 heavy (non-hydrogen) atoms. The van der Waals surface area contributed by atoms with Crippen LogP contribution in [0.3, 0.4) is 0 Å². The smallest absolute Gasteiger partial charge is 0.120 e. The zero-order valence-electron chi connectivity index (χ0n) is 18.7. The Bertz CT molecular complexity index is 1150. The lowest BCUT2D eigenvalue weighted by atomic mass is 9.84. The highest BCUT2D eigenvalue weighted by atomic mass is 35.5. The van der Waals surface area contributed by atoms with Crippen molar-refractivity contribution in [3.8, 4) is 5.75 Å². The van der Waals surface area contributed by atoms with Gasteiger partial charge in [0.05, 0.1) is 5.60 Å². The van der Waals surface area contributed by atoms with Crippen LogP contribution in [0.25, 0.3) is 10.9 Å². The highest BCUT2D eigenvalue weighted by Crippen LogP contribution is 2.33. The zero-order chi connectivity index (χ0) is 21.8. The van der Waals surface area contributed by atoms with E-state index in [-0.39, 0.29) is 12.4 Å². The fourth-order valence-corrected chi connectivity index (χ4v) is 4.66. The number of nitrogens with one attached hydrogen (secondary N) is 1. The molecular weight excluding hydrogens is 432 g/mol. The minimum Gasteiger partial charge on any atom is -0.489 e. The minimum atomic E-state index is -0.691. The number of nitrogens with zero attached hydrogens (tertiary/aromatic N) is 1. The van der Waals surface area contributed by atoms with E-state index in [0.717, 1.165) is 55.7 Å². The minimum absolute atomic E-state index is 0. The van der Waals surface area contributed by atoms with Crippen molar-refractivity contribution in [2.75, 3.05) is 19.6 Å². The number of aromatic nitrogens is 1. The molecule has 0 amide bonds. The van der Waals surface area contributed by atoms with Crippen molar-refractivity contribution in [1.82, 2.24) is 9.88 Å². The molecule has 0 bridgehead atoms. The van der Waals surface area contributed by atoms with Gasteiger partial charge < -0.3 is 19.7 Å². The van der Waals surface area contributed by atoms with Gasteiger partial charge in [0, 0.05) is 36.7 Å². The zero-order valence-corrected chi connectivity index (χ0v) is 19.6. The van der Waals surface area contributed by atoms with Crippen molar-refractivity contribution in [1.29, 1.82) is 0 Å². The Morgan fingerprint density at radius 1 is 0.909 bits per heavy atom. The van der Waals surface area contributed by atoms with Crippen LogP contribution >= 0.6 is 12.4 Å². The second-order valence-electron chi connectivity index (χ2n) is 8.78. The van der Waals surface area contributed by atoms with Gasteiger partial charge in [-0.05, 0) is 54.2 Å². The van der Waals surface area contributed by atoms with Crippen LogP contribution in [-0.2, 0) is 18.6 Å². The van der Waals surface area contributed by atoms with E-state index in [1.807, 2.05) is 54.6 Å². The summed E-state index contributed by atoms with van der Waals surface area (Å²) in [5.74, 6) is 0.896. The first-order chi connectivity index (χ1) is 15.7. The molecule has 5 rings (SSSR count). The van der Waals surface area contributed by atoms with Gasteiger partial charge in [-0.3, -0.25) is 0 Å². The monoisotopic (exact) mass is 462 g/mol. The van der Waals surface area contributed by atoms with Crippen LogP contribution in [0.5, 0.6) is 5.75 Å². The fraction of sp³-hybridized carbons (Fsp3) is 0.286. The molecule has 1 saturated heterocycles. The standard InChI is InChI=1S/C28H30N2O2.ClH/c31-28(24-9-5-2-6-10-24)14-17-30(18-15-28)16-13-23-20-29-27-12-11-25(19-26(23)27)32-21-22-7-3-1-4-8-22;/h1-12,19-20,29,31H,13-18,21H2;1H. The Hall–Kier alpha value is -2.79. The van der Waals surface area contributed by atoms with E-state index in [9.17, 15) is 5.11 Å². The number of hydrogen-bond acceptors (Lipinski definition) is 3. The summed E-state index contributed by atoms with van der Waals surface area (Å²) in [6.45, 7) is 3.40. The van der Waals surface area contributed by atoms with Crippen LogP contribution in [0, 0.1) is 0 Å². The van der Waals surface area contributed by atoms with Gasteiger partial charge >= 0.3 is 0 Å². The molecule has 0 atom stereocenters. The normalized spacial score (nSPS) is 15.8. The lowest BCUT2D eigenvalue weighted by Gasteiger charge is -2.38. The van der Waals surface area contributed by atoms with Gasteiger partial charge in [-0.25, -0.2) is 0 Å². The molecule has 0 spiro atoms. The fourth-order valence-electron chi connectivity index (χ4n) is 4.66. The molecule has 4 aromatic rings. The van der Waals surface area contributed by atoms with Crippen LogP contribution in [0.2, 0.25) is 0 Å². The largest absolute Gasteiger partial charge is 0.489 e. The first kappa shape index (κ1) is 23.4. The Morgan fingerprint density at radius 3 is 2.33 bits per heavy atom. The number of aliphatic hydroxyl groups is 1. The van der Waals surface area contributed by atoms with Crippen molar-refractivity contribution in [3.05, 3.63) is 102 Å². The van der Waals surface area contributed by atoms with Gasteiger partial charge in [-0.15, -0.1) is 12.4 Å². The second kappa shape index (κ2) is 10.4. The molecule has 1 aliphatic heterocycles. The van der Waals surface area contributed by atoms with Gasteiger partial charge in [0.15, 0.2) is 0 Å². The van der Waals surface area contributed by atoms with Crippen molar-refractivity contribution in [2.24, 2.45) is 0 Å². The van der Waals surface area contributed by atoms with Gasteiger partial charge in [0.2, 0.25) is 0 Å². The molecule has 0 aliphatic carbocycles. The highest BCUT2D eigenvalue weighted by molar-refractivity contribution is 5.85. The Morgan fingerprint density at radius 2 is 1.61 bits per heavy atom. The van der Waals surface area contributed by atoms with Gasteiger partial charge in [0.25, 0.3) is 0 Å². The van der Waals surface area contributed by atoms with Crippen LogP contribution in [0.1, 0.15) is 29.5 Å². The molecule has 0 saturated carbocycles. The third-order valence-electron chi connectivity index (χ3n) is 6.68. The number of hydrogen-bond donors (Lipinski definition) is 2. The average Bonchev–Trinajstić information content (AvgIpc) is 3.26. The van der Waals surface area contributed by atoms with Crippen molar-refractivity contribution < 1.29 is 9.84 Å². The number of aromatic amines is 1. The topological polar surface area (TPSA) is 48.5 Å². The van der Waals surface area contributed by atoms with Gasteiger partial charge in [-0.2, -0.15) is 0 Å². The molecule has 4 nitrogen and oxygen atoms in total. The Balaban J connectivity index is 0.00000259. The van der Waals surface area contributed by atoms with Crippen LogP contribution in [0.4, 0.5) is 0 Å². The maximum absolute atomic E-state index is 11.1. The van der Waals surface area contributed by atoms with E-state index in [1.54, 1.807) is 0 Å². The van der Waals surface area contributed by atoms with E-state index < -0.39 is 5.60 Å². The Labute approximate surface area is 201 Å². The summed E-state index contributed by atoms with van der Waals surface area (Å²) >= 11 is 0. The molecule has 0 radical (unpaired) electrons. The Kier molecular flexibility index (Phi) is 7.39. The maximum Gasteiger partial charge on any atom is 0.120 e. The molecule has 0 unspecified atom stereocenters. The quantitative estimate of drug-likeness (QED) is 0.370. The SMILES string of the molecule is Cl.OC1(c2ccccc2)CCN(CCc2c[nH]c3ccc(OCc4ccccc4)cc23)CC1. The number of benzene rings is 3. The third kappa shape index (κ3) is 5.41. The molecule has 1 fully saturated rings. The van der Waals surface area contributed by atoms with Crippen molar-refractivity contribution in [2.45, 2.75) is 31.5 Å². The number of ether oxygens (including phenoxy) is 1. The number of fused-ring (bicyclic) bond motifs is 1. The molecule has 1 aromatic heterocycles. The summed E-state index contributed by atoms with van der Waals surface area (Å²) in [4.78, 5) is 5.86. The molecule has 2 heterocycles. The molecule has 3 aromatic carbocycles. The van der Waals surface area contributed by atoms with E-state index in [4.69, 9.17) is 4.74 Å². The lowest BCUT2D eigenvalue weighted by molar-refractivity contribution is -0.0255. The number of rotatable bonds is 7. The number of likely N-dealkylation sites (tertiary alicyclic amines) is 1. The number of halogens is 1. The van der Waals surface area contributed by atoms with E-state index in [0.29, 0.717) is 6.61 Å². The van der Waals surface area contributed by atoms with Crippen molar-refractivity contribution >= 4 is 23.3 Å².